The van der Waals surface area contributed by atoms with E-state index in [1.165, 1.54) is 36.4 Å². The van der Waals surface area contributed by atoms with E-state index in [2.05, 4.69) is 0 Å². The summed E-state index contributed by atoms with van der Waals surface area (Å²) in [6, 6.07) is 10.2. The van der Waals surface area contributed by atoms with Gasteiger partial charge in [0, 0.05) is 31.5 Å². The van der Waals surface area contributed by atoms with Gasteiger partial charge in [0.2, 0.25) is 10.0 Å². The summed E-state index contributed by atoms with van der Waals surface area (Å²) in [6.07, 6.45) is -3.88. The first-order valence-corrected chi connectivity index (χ1v) is 10.3. The Morgan fingerprint density at radius 1 is 1.07 bits per heavy atom. The molecule has 29 heavy (non-hydrogen) atoms. The van der Waals surface area contributed by atoms with Crippen molar-refractivity contribution < 1.29 is 31.1 Å². The van der Waals surface area contributed by atoms with Gasteiger partial charge in [0.05, 0.1) is 10.5 Å². The molecule has 0 spiro atoms. The van der Waals surface area contributed by atoms with Crippen molar-refractivity contribution in [1.29, 1.82) is 0 Å². The van der Waals surface area contributed by atoms with Crippen LogP contribution in [0.5, 0.6) is 5.75 Å². The summed E-state index contributed by atoms with van der Waals surface area (Å²) in [6.45, 7) is 0.671. The quantitative estimate of drug-likeness (QED) is 0.811. The Labute approximate surface area is 166 Å². The number of hydrogen-bond acceptors (Lipinski definition) is 4. The Bertz CT molecular complexity index is 1000. The predicted molar refractivity (Wildman–Crippen MR) is 98.8 cm³/mol. The number of rotatable bonds is 4. The minimum Gasteiger partial charge on any atom is -0.490 e. The van der Waals surface area contributed by atoms with Crippen LogP contribution in [-0.2, 0) is 16.2 Å². The number of benzene rings is 2. The number of sulfonamides is 1. The number of ether oxygens (including phenoxy) is 1. The molecule has 1 heterocycles. The Morgan fingerprint density at radius 3 is 2.34 bits per heavy atom. The monoisotopic (exact) mass is 428 g/mol. The summed E-state index contributed by atoms with van der Waals surface area (Å²) in [5.41, 5.74) is -0.578. The number of primary sulfonamides is 1. The minimum absolute atomic E-state index is 0.130. The second kappa shape index (κ2) is 8.03. The molecule has 3 rings (SSSR count). The summed E-state index contributed by atoms with van der Waals surface area (Å²) in [5, 5.41) is 5.09. The van der Waals surface area contributed by atoms with Crippen molar-refractivity contribution >= 4 is 15.9 Å². The molecule has 0 atom stereocenters. The molecule has 0 radical (unpaired) electrons. The Hall–Kier alpha value is -2.59. The summed E-state index contributed by atoms with van der Waals surface area (Å²) >= 11 is 0. The zero-order valence-electron chi connectivity index (χ0n) is 15.2. The predicted octanol–water partition coefficient (Wildman–Crippen LogP) is 3.04. The molecule has 1 amide bonds. The van der Waals surface area contributed by atoms with Gasteiger partial charge >= 0.3 is 6.18 Å². The molecule has 2 aromatic carbocycles. The van der Waals surface area contributed by atoms with Crippen LogP contribution in [0.25, 0.3) is 0 Å². The number of nitrogens with zero attached hydrogens (tertiary/aromatic N) is 1. The van der Waals surface area contributed by atoms with E-state index in [0.717, 1.165) is 12.1 Å². The molecule has 0 unspecified atom stereocenters. The van der Waals surface area contributed by atoms with Crippen LogP contribution < -0.4 is 9.88 Å². The second-order valence-electron chi connectivity index (χ2n) is 6.71. The number of nitrogens with two attached hydrogens (primary N) is 1. The molecular weight excluding hydrogens is 409 g/mol. The fourth-order valence-electron chi connectivity index (χ4n) is 3.10. The van der Waals surface area contributed by atoms with Gasteiger partial charge in [-0.3, -0.25) is 4.79 Å². The van der Waals surface area contributed by atoms with E-state index in [4.69, 9.17) is 9.88 Å². The number of carbonyl (C=O) groups is 1. The molecule has 0 saturated carbocycles. The van der Waals surface area contributed by atoms with Crippen molar-refractivity contribution in [3.8, 4) is 5.75 Å². The number of alkyl halides is 3. The minimum atomic E-state index is -4.44. The van der Waals surface area contributed by atoms with Crippen LogP contribution in [0.1, 0.15) is 28.8 Å². The molecule has 1 saturated heterocycles. The van der Waals surface area contributed by atoms with Crippen molar-refractivity contribution in [2.75, 3.05) is 13.1 Å². The summed E-state index contributed by atoms with van der Waals surface area (Å²) in [7, 11) is -3.92. The maximum Gasteiger partial charge on any atom is 0.416 e. The van der Waals surface area contributed by atoms with Gasteiger partial charge in [-0.25, -0.2) is 13.6 Å². The van der Waals surface area contributed by atoms with Gasteiger partial charge in [0.1, 0.15) is 11.9 Å². The lowest BCUT2D eigenvalue weighted by molar-refractivity contribution is -0.137. The first-order chi connectivity index (χ1) is 13.5. The first kappa shape index (κ1) is 21.1. The molecular formula is C19H19F3N2O4S. The maximum absolute atomic E-state index is 12.8. The smallest absolute Gasteiger partial charge is 0.416 e. The Morgan fingerprint density at radius 2 is 1.72 bits per heavy atom. The molecule has 10 heteroatoms. The fourth-order valence-corrected chi connectivity index (χ4v) is 3.66. The number of carbonyl (C=O) groups excluding carboxylic acids is 1. The van der Waals surface area contributed by atoms with Gasteiger partial charge in [-0.15, -0.1) is 0 Å². The highest BCUT2D eigenvalue weighted by Gasteiger charge is 2.31. The molecule has 2 N–H and O–H groups in total. The van der Waals surface area contributed by atoms with E-state index >= 15 is 0 Å². The first-order valence-electron chi connectivity index (χ1n) is 8.80. The summed E-state index contributed by atoms with van der Waals surface area (Å²) < 4.78 is 67.0. The third-order valence-corrected chi connectivity index (χ3v) is 5.51. The number of amides is 1. The van der Waals surface area contributed by atoms with Crippen molar-refractivity contribution in [1.82, 2.24) is 4.90 Å². The van der Waals surface area contributed by atoms with Crippen molar-refractivity contribution in [2.24, 2.45) is 5.14 Å². The zero-order valence-corrected chi connectivity index (χ0v) is 16.0. The molecule has 0 aliphatic carbocycles. The molecule has 6 nitrogen and oxygen atoms in total. The summed E-state index contributed by atoms with van der Waals surface area (Å²) in [4.78, 5) is 14.0. The highest BCUT2D eigenvalue weighted by molar-refractivity contribution is 7.89. The van der Waals surface area contributed by atoms with Gasteiger partial charge in [-0.05, 0) is 36.4 Å². The van der Waals surface area contributed by atoms with Gasteiger partial charge in [-0.2, -0.15) is 13.2 Å². The summed E-state index contributed by atoms with van der Waals surface area (Å²) in [5.74, 6) is -0.210. The van der Waals surface area contributed by atoms with Crippen LogP contribution in [0.3, 0.4) is 0 Å². The SMILES string of the molecule is NS(=O)(=O)c1cccc(C(=O)N2CCC(Oc3cccc(C(F)(F)F)c3)CC2)c1. The van der Waals surface area contributed by atoms with Crippen LogP contribution in [-0.4, -0.2) is 38.4 Å². The number of piperidine rings is 1. The van der Waals surface area contributed by atoms with Gasteiger partial charge in [0.25, 0.3) is 5.91 Å². The average molecular weight is 428 g/mol. The maximum atomic E-state index is 12.8. The fraction of sp³-hybridized carbons (Fsp3) is 0.316. The third kappa shape index (κ3) is 5.27. The van der Waals surface area contributed by atoms with Crippen molar-refractivity contribution in [3.63, 3.8) is 0 Å². The second-order valence-corrected chi connectivity index (χ2v) is 8.27. The van der Waals surface area contributed by atoms with Crippen LogP contribution in [0.4, 0.5) is 13.2 Å². The number of halogens is 3. The van der Waals surface area contributed by atoms with Gasteiger partial charge < -0.3 is 9.64 Å². The molecule has 0 bridgehead atoms. The van der Waals surface area contributed by atoms with Crippen molar-refractivity contribution in [3.05, 3.63) is 59.7 Å². The number of hydrogen-bond donors (Lipinski definition) is 1. The standard InChI is InChI=1S/C19H19F3N2O4S/c20-19(21,22)14-4-2-5-16(12-14)28-15-7-9-24(10-8-15)18(25)13-3-1-6-17(11-13)29(23,26)27/h1-6,11-12,15H,7-10H2,(H2,23,26,27). The van der Waals surface area contributed by atoms with Crippen LogP contribution in [0.15, 0.2) is 53.4 Å². The van der Waals surface area contributed by atoms with Crippen LogP contribution in [0.2, 0.25) is 0 Å². The molecule has 156 valence electrons. The highest BCUT2D eigenvalue weighted by Crippen LogP contribution is 2.32. The number of likely N-dealkylation sites (tertiary alicyclic amines) is 1. The Balaban J connectivity index is 1.62. The zero-order chi connectivity index (χ0) is 21.2. The lowest BCUT2D eigenvalue weighted by Gasteiger charge is -2.32. The van der Waals surface area contributed by atoms with E-state index in [1.807, 2.05) is 0 Å². The largest absolute Gasteiger partial charge is 0.490 e. The molecule has 2 aromatic rings. The third-order valence-electron chi connectivity index (χ3n) is 4.60. The lowest BCUT2D eigenvalue weighted by Crippen LogP contribution is -2.41. The van der Waals surface area contributed by atoms with E-state index in [0.29, 0.717) is 25.9 Å². The average Bonchev–Trinajstić information content (AvgIpc) is 2.67. The molecule has 1 fully saturated rings. The van der Waals surface area contributed by atoms with Crippen molar-refractivity contribution in [2.45, 2.75) is 30.0 Å². The van der Waals surface area contributed by atoms with E-state index in [-0.39, 0.29) is 28.2 Å². The van der Waals surface area contributed by atoms with Crippen LogP contribution in [0, 0.1) is 0 Å². The van der Waals surface area contributed by atoms with Gasteiger partial charge in [0.15, 0.2) is 0 Å². The molecule has 0 aromatic heterocycles. The molecule has 1 aliphatic rings. The Kier molecular flexibility index (Phi) is 5.85. The van der Waals surface area contributed by atoms with E-state index < -0.39 is 21.8 Å². The topological polar surface area (TPSA) is 89.7 Å². The van der Waals surface area contributed by atoms with E-state index in [1.54, 1.807) is 4.90 Å². The molecule has 1 aliphatic heterocycles. The normalized spacial score (nSPS) is 15.9. The van der Waals surface area contributed by atoms with E-state index in [9.17, 15) is 26.4 Å². The lowest BCUT2D eigenvalue weighted by atomic mass is 10.1. The van der Waals surface area contributed by atoms with Crippen LogP contribution >= 0.6 is 0 Å². The highest BCUT2D eigenvalue weighted by atomic mass is 32.2. The van der Waals surface area contributed by atoms with Gasteiger partial charge in [-0.1, -0.05) is 12.1 Å².